The molecule has 4 aliphatic rings. The Bertz CT molecular complexity index is 3080. The number of methoxy groups -OCH3 is 1. The highest BCUT2D eigenvalue weighted by Gasteiger charge is 2.42. The summed E-state index contributed by atoms with van der Waals surface area (Å²) in [5.74, 6) is 1.94. The molecule has 8 rings (SSSR count). The van der Waals surface area contributed by atoms with Crippen molar-refractivity contribution < 1.29 is 59.6 Å². The number of carbonyl (C=O) groups excluding carboxylic acids is 2. The van der Waals surface area contributed by atoms with Gasteiger partial charge in [-0.25, -0.2) is 26.4 Å². The number of rotatable bonds is 36. The molecule has 0 radical (unpaired) electrons. The summed E-state index contributed by atoms with van der Waals surface area (Å²) in [5, 5.41) is 6.79. The summed E-state index contributed by atoms with van der Waals surface area (Å²) < 4.78 is 96.4. The molecule has 480 valence electrons. The van der Waals surface area contributed by atoms with Gasteiger partial charge in [-0.05, 0) is 174 Å². The molecule has 24 heteroatoms. The predicted molar refractivity (Wildman–Crippen MR) is 336 cm³/mol. The second-order valence-corrected chi connectivity index (χ2v) is 27.7. The Morgan fingerprint density at radius 1 is 0.598 bits per heavy atom. The molecule has 20 nitrogen and oxygen atoms in total. The number of urea groups is 1. The predicted octanol–water partition coefficient (Wildman–Crippen LogP) is 7.66. The van der Waals surface area contributed by atoms with E-state index in [1.807, 2.05) is 24.3 Å². The number of aryl methyl sites for hydroxylation is 1. The first-order valence-corrected chi connectivity index (χ1v) is 34.6. The summed E-state index contributed by atoms with van der Waals surface area (Å²) in [6.07, 6.45) is 9.08. The number of fused-ring (bicyclic) bond motifs is 2. The molecule has 2 amide bonds. The van der Waals surface area contributed by atoms with Gasteiger partial charge in [0.2, 0.25) is 10.0 Å². The van der Waals surface area contributed by atoms with Gasteiger partial charge in [0.1, 0.15) is 35.2 Å². The van der Waals surface area contributed by atoms with Gasteiger partial charge in [0.25, 0.3) is 0 Å². The van der Waals surface area contributed by atoms with E-state index in [-0.39, 0.29) is 96.7 Å². The van der Waals surface area contributed by atoms with Crippen molar-refractivity contribution in [3.63, 3.8) is 0 Å². The highest BCUT2D eigenvalue weighted by atomic mass is 35.5. The van der Waals surface area contributed by atoms with E-state index in [4.69, 9.17) is 67.8 Å². The van der Waals surface area contributed by atoms with Crippen molar-refractivity contribution in [2.75, 3.05) is 112 Å². The van der Waals surface area contributed by atoms with Crippen LogP contribution in [0.15, 0.2) is 82.6 Å². The van der Waals surface area contributed by atoms with Gasteiger partial charge in [-0.3, -0.25) is 14.6 Å². The van der Waals surface area contributed by atoms with E-state index in [9.17, 15) is 26.4 Å². The van der Waals surface area contributed by atoms with Gasteiger partial charge in [0, 0.05) is 92.0 Å². The summed E-state index contributed by atoms with van der Waals surface area (Å²) in [6.45, 7) is 8.72. The van der Waals surface area contributed by atoms with Crippen molar-refractivity contribution in [2.45, 2.75) is 137 Å². The zero-order chi connectivity index (χ0) is 61.8. The number of nitrogens with one attached hydrogen (secondary N) is 3. The first-order chi connectivity index (χ1) is 42.0. The van der Waals surface area contributed by atoms with Crippen LogP contribution >= 0.6 is 23.2 Å². The average molecular weight is 1290 g/mol. The Kier molecular flexibility index (Phi) is 26.6. The van der Waals surface area contributed by atoms with Crippen molar-refractivity contribution in [1.82, 2.24) is 25.2 Å². The Morgan fingerprint density at radius 3 is 1.71 bits per heavy atom. The number of Topliss-reactive ketones (excluding diaryl/α,β-unsaturated/α-hetero) is 1. The van der Waals surface area contributed by atoms with E-state index in [2.05, 4.69) is 32.1 Å². The molecule has 2 aliphatic carbocycles. The number of nitrogens with zero attached hydrogens (tertiary/aromatic N) is 2. The normalized spacial score (nSPS) is 20.7. The van der Waals surface area contributed by atoms with E-state index in [0.717, 1.165) is 112 Å². The third-order valence-corrected chi connectivity index (χ3v) is 20.2. The van der Waals surface area contributed by atoms with Gasteiger partial charge in [0.05, 0.1) is 74.4 Å². The second kappa shape index (κ2) is 34.0. The number of halogens is 2. The van der Waals surface area contributed by atoms with Crippen LogP contribution in [0, 0.1) is 6.92 Å². The number of carbonyl (C=O) groups is 2. The monoisotopic (exact) mass is 1290 g/mol. The lowest BCUT2D eigenvalue weighted by molar-refractivity contribution is -0.119. The molecule has 87 heavy (non-hydrogen) atoms. The van der Waals surface area contributed by atoms with Crippen LogP contribution in [0.3, 0.4) is 0 Å². The Balaban J connectivity index is 0.583. The smallest absolute Gasteiger partial charge is 0.314 e. The Labute approximate surface area is 524 Å². The molecule has 2 heterocycles. The van der Waals surface area contributed by atoms with Gasteiger partial charge < -0.3 is 55.3 Å². The maximum Gasteiger partial charge on any atom is 0.314 e. The molecule has 4 aromatic rings. The number of piperidine rings is 2. The lowest BCUT2D eigenvalue weighted by atomic mass is 10.0. The van der Waals surface area contributed by atoms with Crippen molar-refractivity contribution in [3.05, 3.63) is 111 Å². The van der Waals surface area contributed by atoms with Crippen LogP contribution in [0.5, 0.6) is 17.2 Å². The number of unbranched alkanes of at least 4 members (excludes halogenated alkanes) is 2. The van der Waals surface area contributed by atoms with E-state index >= 15 is 0 Å². The van der Waals surface area contributed by atoms with Gasteiger partial charge in [-0.1, -0.05) is 29.6 Å². The van der Waals surface area contributed by atoms with Crippen LogP contribution in [0.2, 0.25) is 10.0 Å². The van der Waals surface area contributed by atoms with Crippen molar-refractivity contribution in [3.8, 4) is 17.2 Å². The highest BCUT2D eigenvalue weighted by Crippen LogP contribution is 2.45. The lowest BCUT2D eigenvalue weighted by Gasteiger charge is -2.38. The molecule has 0 unspecified atom stereocenters. The van der Waals surface area contributed by atoms with Gasteiger partial charge >= 0.3 is 6.03 Å². The summed E-state index contributed by atoms with van der Waals surface area (Å²) in [6, 6.07) is 20.8. The van der Waals surface area contributed by atoms with Crippen molar-refractivity contribution in [2.24, 2.45) is 11.5 Å². The second-order valence-electron chi connectivity index (χ2n) is 23.0. The van der Waals surface area contributed by atoms with Crippen LogP contribution in [0.1, 0.15) is 111 Å². The van der Waals surface area contributed by atoms with E-state index in [0.29, 0.717) is 86.7 Å². The number of amides is 2. The van der Waals surface area contributed by atoms with Crippen molar-refractivity contribution in [1.29, 1.82) is 0 Å². The SMILES string of the molecule is COc1cc(Cl)cc2c1C[C@H](N1CCC[C@@H](N)C1)[C@H]2Oc1ccc(S(=O)(=O)CCCOCCOCCNC(=O)NCCCCCC(=O)CCCOCCOCCNS(=O)(=O)c2ccc(O[C@H]3c4cc(Cl)cc(C)c4C[C@@H]3N3CCC[C@@H](N)C3)cc2)cc1. The zero-order valence-electron chi connectivity index (χ0n) is 50.3. The molecule has 2 saturated heterocycles. The molecule has 0 spiro atoms. The molecule has 6 atom stereocenters. The fourth-order valence-corrected chi connectivity index (χ4v) is 14.9. The minimum atomic E-state index is -3.78. The Morgan fingerprint density at radius 2 is 1.11 bits per heavy atom. The Hall–Kier alpha value is -4.66. The van der Waals surface area contributed by atoms with Crippen LogP contribution in [-0.2, 0) is 56.4 Å². The third kappa shape index (κ3) is 20.4. The fourth-order valence-electron chi connectivity index (χ4n) is 12.1. The van der Waals surface area contributed by atoms with Crippen molar-refractivity contribution >= 4 is 54.9 Å². The standard InChI is InChI=1S/C63H89Cl2N7O13S2/c1-44-36-45(64)37-56-54(44)40-58(71-25-6-10-47(66)42-71)61(56)84-51-16-20-53(21-17-51)87(77,78)70-24-30-83-34-31-80-27-8-13-49(73)12-4-3-5-22-68-63(74)69-23-29-82-33-32-81-28-9-35-86(75,76)52-18-14-50(15-19-52)85-62-57-38-46(65)39-60(79-2)55(57)41-59(62)72-26-7-11-48(67)43-72/h14-21,36-39,47-48,58-59,61-62,70H,3-13,22-35,40-43,66-67H2,1-2H3,(H2,68,69,74)/t47-,48-,58+,59+,61+,62+/m1/s1. The molecule has 7 N–H and O–H groups in total. The van der Waals surface area contributed by atoms with Crippen LogP contribution < -0.4 is 41.0 Å². The molecule has 2 aliphatic heterocycles. The average Bonchev–Trinajstić information content (AvgIpc) is 2.63. The number of benzene rings is 4. The number of nitrogens with two attached hydrogens (primary N) is 2. The van der Waals surface area contributed by atoms with Gasteiger partial charge in [-0.2, -0.15) is 0 Å². The van der Waals surface area contributed by atoms with Crippen LogP contribution in [-0.4, -0.2) is 174 Å². The minimum absolute atomic E-state index is 0.0266. The molecular formula is C63H89Cl2N7O13S2. The first kappa shape index (κ1) is 68.3. The quantitative estimate of drug-likeness (QED) is 0.0274. The van der Waals surface area contributed by atoms with Gasteiger partial charge in [0.15, 0.2) is 9.84 Å². The third-order valence-electron chi connectivity index (χ3n) is 16.5. The summed E-state index contributed by atoms with van der Waals surface area (Å²) in [7, 11) is -5.70. The minimum Gasteiger partial charge on any atom is -0.496 e. The van der Waals surface area contributed by atoms with E-state index < -0.39 is 19.9 Å². The molecule has 0 saturated carbocycles. The molecule has 0 bridgehead atoms. The number of hydrogen-bond donors (Lipinski definition) is 5. The highest BCUT2D eigenvalue weighted by molar-refractivity contribution is 7.91. The lowest BCUT2D eigenvalue weighted by Crippen LogP contribution is -2.49. The topological polar surface area (TPSA) is 262 Å². The number of likely N-dealkylation sites (tertiary alicyclic amines) is 2. The largest absolute Gasteiger partial charge is 0.496 e. The fraction of sp³-hybridized carbons (Fsp3) is 0.587. The summed E-state index contributed by atoms with van der Waals surface area (Å²) in [5.41, 5.74) is 18.2. The maximum atomic E-state index is 13.2. The van der Waals surface area contributed by atoms with Gasteiger partial charge in [-0.15, -0.1) is 0 Å². The number of ether oxygens (including phenoxy) is 7. The van der Waals surface area contributed by atoms with E-state index in [1.54, 1.807) is 55.6 Å². The molecule has 0 aromatic heterocycles. The number of sulfonamides is 1. The van der Waals surface area contributed by atoms with Crippen LogP contribution in [0.25, 0.3) is 0 Å². The molecular weight excluding hydrogens is 1200 g/mol. The molecule has 2 fully saturated rings. The summed E-state index contributed by atoms with van der Waals surface area (Å²) >= 11 is 13.0. The number of ketones is 1. The number of sulfone groups is 1. The maximum absolute atomic E-state index is 13.2. The van der Waals surface area contributed by atoms with Crippen LogP contribution in [0.4, 0.5) is 4.79 Å². The zero-order valence-corrected chi connectivity index (χ0v) is 53.5. The number of hydrogen-bond acceptors (Lipinski definition) is 17. The first-order valence-electron chi connectivity index (χ1n) is 30.7. The molecule has 4 aromatic carbocycles. The van der Waals surface area contributed by atoms with E-state index in [1.165, 1.54) is 5.56 Å². The summed E-state index contributed by atoms with van der Waals surface area (Å²) in [4.78, 5) is 29.7.